The quantitative estimate of drug-likeness (QED) is 0.429. The van der Waals surface area contributed by atoms with Crippen molar-refractivity contribution in [3.8, 4) is 0 Å². The predicted molar refractivity (Wildman–Crippen MR) is 27.4 cm³/mol. The molecule has 8 heteroatoms. The Kier molecular flexibility index (Phi) is 3.47. The van der Waals surface area contributed by atoms with Gasteiger partial charge in [-0.1, -0.05) is 0 Å². The van der Waals surface area contributed by atoms with E-state index in [0.717, 1.165) is 10.0 Å². The Bertz CT molecular complexity index is 165. The number of urea groups is 1. The van der Waals surface area contributed by atoms with Gasteiger partial charge in [-0.25, -0.2) is 23.8 Å². The van der Waals surface area contributed by atoms with Crippen LogP contribution in [-0.4, -0.2) is 16.4 Å². The third kappa shape index (κ3) is 5.09. The molecule has 0 aliphatic heterocycles. The molecule has 0 saturated heterocycles. The lowest BCUT2D eigenvalue weighted by atomic mass is 11.0. The molecule has 0 heterocycles. The Morgan fingerprint density at radius 3 is 2.20 bits per heavy atom. The van der Waals surface area contributed by atoms with Gasteiger partial charge in [-0.15, -0.1) is 8.28 Å². The highest BCUT2D eigenvalue weighted by Gasteiger charge is 2.07. The summed E-state index contributed by atoms with van der Waals surface area (Å²) in [5.41, 5.74) is 0. The van der Waals surface area contributed by atoms with Gasteiger partial charge in [0, 0.05) is 0 Å². The molecule has 0 aromatic rings. The third-order valence-corrected chi connectivity index (χ3v) is 0.731. The number of carbonyl (C=O) groups is 2. The van der Waals surface area contributed by atoms with Crippen molar-refractivity contribution >= 4 is 23.6 Å². The zero-order valence-electron chi connectivity index (χ0n) is 4.39. The van der Waals surface area contributed by atoms with Crippen LogP contribution in [0.5, 0.6) is 0 Å². The SMILES string of the molecule is O=C(F)NC(=O)NS(=O)F. The first-order valence-electron chi connectivity index (χ1n) is 1.87. The van der Waals surface area contributed by atoms with Crippen molar-refractivity contribution in [3.63, 3.8) is 0 Å². The Balaban J connectivity index is 3.65. The number of carbonyl (C=O) groups excluding carboxylic acids is 2. The Labute approximate surface area is 56.7 Å². The van der Waals surface area contributed by atoms with Crippen LogP contribution in [0.1, 0.15) is 0 Å². The summed E-state index contributed by atoms with van der Waals surface area (Å²) in [6, 6.07) is -1.49. The largest absolute Gasteiger partial charge is 0.405 e. The predicted octanol–water partition coefficient (Wildman–Crippen LogP) is -0.0767. The molecule has 1 atom stereocenters. The fraction of sp³-hybridized carbons (Fsp3) is 0. The number of amides is 3. The van der Waals surface area contributed by atoms with Crippen molar-refractivity contribution in [2.45, 2.75) is 0 Å². The van der Waals surface area contributed by atoms with Gasteiger partial charge in [-0.2, -0.15) is 0 Å². The molecule has 0 fully saturated rings. The van der Waals surface area contributed by atoms with Crippen molar-refractivity contribution in [1.29, 1.82) is 0 Å². The van der Waals surface area contributed by atoms with Crippen molar-refractivity contribution < 1.29 is 22.1 Å². The summed E-state index contributed by atoms with van der Waals surface area (Å²) in [6.07, 6.45) is -2.15. The molecule has 3 amide bonds. The first kappa shape index (κ1) is 8.95. The summed E-state index contributed by atoms with van der Waals surface area (Å²) in [7, 11) is 0. The molecule has 10 heavy (non-hydrogen) atoms. The normalized spacial score (nSPS) is 11.8. The summed E-state index contributed by atoms with van der Waals surface area (Å²) in [5, 5.41) is 0.985. The summed E-state index contributed by atoms with van der Waals surface area (Å²) in [4.78, 5) is 19.3. The second-order valence-electron chi connectivity index (χ2n) is 1.05. The van der Waals surface area contributed by atoms with Crippen LogP contribution in [0.15, 0.2) is 0 Å². The van der Waals surface area contributed by atoms with Crippen LogP contribution >= 0.6 is 0 Å². The standard InChI is InChI=1S/C2H2F2N2O3S/c3-1(7)5-2(8)6-10(4)9/h(H2,5,6,7,8). The Morgan fingerprint density at radius 2 is 1.90 bits per heavy atom. The minimum absolute atomic E-state index is 0.985. The number of nitrogens with one attached hydrogen (secondary N) is 2. The van der Waals surface area contributed by atoms with Crippen LogP contribution in [0.3, 0.4) is 0 Å². The summed E-state index contributed by atoms with van der Waals surface area (Å²) < 4.78 is 33.0. The lowest BCUT2D eigenvalue weighted by molar-refractivity contribution is 0.216. The van der Waals surface area contributed by atoms with Crippen LogP contribution < -0.4 is 10.0 Å². The van der Waals surface area contributed by atoms with Crippen molar-refractivity contribution in [3.05, 3.63) is 0 Å². The second-order valence-corrected chi connectivity index (χ2v) is 1.70. The molecule has 2 N–H and O–H groups in total. The van der Waals surface area contributed by atoms with Crippen LogP contribution in [0.2, 0.25) is 0 Å². The van der Waals surface area contributed by atoms with Gasteiger partial charge in [0.25, 0.3) is 0 Å². The maximum Gasteiger partial charge on any atom is 0.405 e. The number of hydrogen-bond donors (Lipinski definition) is 2. The topological polar surface area (TPSA) is 75.3 Å². The zero-order chi connectivity index (χ0) is 8.15. The van der Waals surface area contributed by atoms with E-state index in [1.165, 1.54) is 0 Å². The first-order valence-corrected chi connectivity index (χ1v) is 2.92. The van der Waals surface area contributed by atoms with Crippen LogP contribution in [0.25, 0.3) is 0 Å². The molecule has 0 aliphatic carbocycles. The third-order valence-electron chi connectivity index (χ3n) is 0.385. The average Bonchev–Trinajstić information content (AvgIpc) is 1.58. The smallest absolute Gasteiger partial charge is 0.249 e. The number of halogens is 2. The molecule has 58 valence electrons. The summed E-state index contributed by atoms with van der Waals surface area (Å²) in [6.45, 7) is 0. The number of imide groups is 1. The lowest BCUT2D eigenvalue weighted by Gasteiger charge is -1.94. The fourth-order valence-corrected chi connectivity index (χ4v) is 0.384. The maximum absolute atomic E-state index is 11.3. The molecular formula is C2H2F2N2O3S. The highest BCUT2D eigenvalue weighted by Crippen LogP contribution is 1.76. The minimum atomic E-state index is -3.09. The van der Waals surface area contributed by atoms with Crippen molar-refractivity contribution in [1.82, 2.24) is 10.0 Å². The maximum atomic E-state index is 11.3. The minimum Gasteiger partial charge on any atom is -0.249 e. The highest BCUT2D eigenvalue weighted by molar-refractivity contribution is 7.78. The lowest BCUT2D eigenvalue weighted by Crippen LogP contribution is -2.36. The second kappa shape index (κ2) is 3.88. The Morgan fingerprint density at radius 1 is 1.40 bits per heavy atom. The van der Waals surface area contributed by atoms with E-state index in [1.807, 2.05) is 0 Å². The van der Waals surface area contributed by atoms with Gasteiger partial charge in [0.1, 0.15) is 0 Å². The van der Waals surface area contributed by atoms with E-state index < -0.39 is 23.6 Å². The van der Waals surface area contributed by atoms with E-state index in [9.17, 15) is 22.1 Å². The molecule has 5 nitrogen and oxygen atoms in total. The van der Waals surface area contributed by atoms with E-state index in [2.05, 4.69) is 0 Å². The molecule has 0 rings (SSSR count). The van der Waals surface area contributed by atoms with Gasteiger partial charge >= 0.3 is 23.6 Å². The number of hydrogen-bond acceptors (Lipinski definition) is 3. The van der Waals surface area contributed by atoms with Crippen LogP contribution in [0, 0.1) is 0 Å². The van der Waals surface area contributed by atoms with Gasteiger partial charge < -0.3 is 0 Å². The van der Waals surface area contributed by atoms with Gasteiger partial charge in [-0.05, 0) is 0 Å². The zero-order valence-corrected chi connectivity index (χ0v) is 5.21. The van der Waals surface area contributed by atoms with E-state index in [4.69, 9.17) is 0 Å². The molecule has 0 aromatic carbocycles. The molecule has 1 unspecified atom stereocenters. The molecule has 0 radical (unpaired) electrons. The molecular weight excluding hydrogens is 170 g/mol. The molecule has 0 bridgehead atoms. The van der Waals surface area contributed by atoms with Crippen molar-refractivity contribution in [2.75, 3.05) is 0 Å². The molecule has 0 saturated carbocycles. The Hall–Kier alpha value is -1.05. The van der Waals surface area contributed by atoms with Crippen LogP contribution in [0.4, 0.5) is 17.9 Å². The van der Waals surface area contributed by atoms with E-state index in [1.54, 1.807) is 0 Å². The van der Waals surface area contributed by atoms with Gasteiger partial charge in [0.15, 0.2) is 0 Å². The monoisotopic (exact) mass is 172 g/mol. The van der Waals surface area contributed by atoms with E-state index in [-0.39, 0.29) is 0 Å². The van der Waals surface area contributed by atoms with E-state index >= 15 is 0 Å². The summed E-state index contributed by atoms with van der Waals surface area (Å²) >= 11 is -3.09. The molecule has 0 aromatic heterocycles. The van der Waals surface area contributed by atoms with Gasteiger partial charge in [0.05, 0.1) is 0 Å². The fourth-order valence-electron chi connectivity index (χ4n) is 0.188. The van der Waals surface area contributed by atoms with Gasteiger partial charge in [0.2, 0.25) is 0 Å². The highest BCUT2D eigenvalue weighted by atomic mass is 32.2. The average molecular weight is 172 g/mol. The summed E-state index contributed by atoms with van der Waals surface area (Å²) in [5.74, 6) is 0. The van der Waals surface area contributed by atoms with Crippen molar-refractivity contribution in [2.24, 2.45) is 0 Å². The van der Waals surface area contributed by atoms with Gasteiger partial charge in [-0.3, -0.25) is 0 Å². The molecule has 0 spiro atoms. The first-order chi connectivity index (χ1) is 4.52. The van der Waals surface area contributed by atoms with Crippen LogP contribution in [-0.2, 0) is 11.4 Å². The number of rotatable bonds is 1. The van der Waals surface area contributed by atoms with E-state index in [0.29, 0.717) is 0 Å². The molecule has 0 aliphatic rings.